The number of benzene rings is 1. The third-order valence-electron chi connectivity index (χ3n) is 2.71. The van der Waals surface area contributed by atoms with Gasteiger partial charge in [0.05, 0.1) is 20.8 Å². The molecule has 0 amide bonds. The molecule has 2 aromatic rings. The molecule has 20 heavy (non-hydrogen) atoms. The molecule has 2 rings (SSSR count). The molecule has 0 aliphatic rings. The quantitative estimate of drug-likeness (QED) is 0.870. The van der Waals surface area contributed by atoms with Crippen LogP contribution in [0.1, 0.15) is 17.3 Å². The zero-order chi connectivity index (χ0) is 14.5. The fraction of sp³-hybridized carbons (Fsp3) is 0.385. The van der Waals surface area contributed by atoms with Gasteiger partial charge in [-0.2, -0.15) is 4.98 Å². The molecule has 0 radical (unpaired) electrons. The number of halogens is 1. The van der Waals surface area contributed by atoms with Crippen molar-refractivity contribution >= 4 is 15.9 Å². The van der Waals surface area contributed by atoms with Gasteiger partial charge in [0, 0.05) is 11.0 Å². The van der Waals surface area contributed by atoms with Crippen LogP contribution >= 0.6 is 15.9 Å². The minimum absolute atomic E-state index is 0.516. The van der Waals surface area contributed by atoms with Gasteiger partial charge in [-0.05, 0) is 24.6 Å². The first-order chi connectivity index (χ1) is 9.63. The summed E-state index contributed by atoms with van der Waals surface area (Å²) >= 11 is 3.51. The van der Waals surface area contributed by atoms with Crippen molar-refractivity contribution in [2.24, 2.45) is 0 Å². The molecule has 1 N–H and O–H groups in total. The van der Waals surface area contributed by atoms with Gasteiger partial charge in [-0.15, -0.1) is 0 Å². The molecule has 0 bridgehead atoms. The van der Waals surface area contributed by atoms with E-state index >= 15 is 0 Å². The molecule has 0 spiro atoms. The van der Waals surface area contributed by atoms with Crippen molar-refractivity contribution in [3.8, 4) is 11.5 Å². The molecule has 0 aliphatic carbocycles. The van der Waals surface area contributed by atoms with Crippen molar-refractivity contribution in [2.75, 3.05) is 14.2 Å². The molecule has 0 unspecified atom stereocenters. The van der Waals surface area contributed by atoms with E-state index in [2.05, 4.69) is 31.4 Å². The summed E-state index contributed by atoms with van der Waals surface area (Å²) < 4.78 is 16.5. The fourth-order valence-corrected chi connectivity index (χ4v) is 2.21. The number of aromatic nitrogens is 2. The molecule has 0 fully saturated rings. The number of nitrogens with zero attached hydrogens (tertiary/aromatic N) is 2. The van der Waals surface area contributed by atoms with E-state index in [1.165, 1.54) is 0 Å². The van der Waals surface area contributed by atoms with Crippen LogP contribution in [0.5, 0.6) is 11.5 Å². The van der Waals surface area contributed by atoms with Gasteiger partial charge in [0.1, 0.15) is 0 Å². The van der Waals surface area contributed by atoms with Gasteiger partial charge >= 0.3 is 0 Å². The van der Waals surface area contributed by atoms with Gasteiger partial charge in [0.2, 0.25) is 5.89 Å². The SMILES string of the molecule is COc1cc(Br)c(CNCc2nc(C)no2)cc1OC. The smallest absolute Gasteiger partial charge is 0.240 e. The van der Waals surface area contributed by atoms with Crippen LogP contribution in [-0.4, -0.2) is 24.4 Å². The summed E-state index contributed by atoms with van der Waals surface area (Å²) in [6.07, 6.45) is 0. The van der Waals surface area contributed by atoms with Crippen molar-refractivity contribution in [1.29, 1.82) is 0 Å². The maximum Gasteiger partial charge on any atom is 0.240 e. The van der Waals surface area contributed by atoms with Crippen molar-refractivity contribution in [3.05, 3.63) is 33.9 Å². The Hall–Kier alpha value is -1.60. The molecule has 1 aromatic heterocycles. The molecule has 1 heterocycles. The number of nitrogens with one attached hydrogen (secondary N) is 1. The van der Waals surface area contributed by atoms with Gasteiger partial charge < -0.3 is 19.3 Å². The Kier molecular flexibility index (Phi) is 4.97. The number of methoxy groups -OCH3 is 2. The van der Waals surface area contributed by atoms with E-state index in [-0.39, 0.29) is 0 Å². The zero-order valence-electron chi connectivity index (χ0n) is 11.6. The van der Waals surface area contributed by atoms with Crippen LogP contribution < -0.4 is 14.8 Å². The van der Waals surface area contributed by atoms with Crippen LogP contribution in [-0.2, 0) is 13.1 Å². The lowest BCUT2D eigenvalue weighted by Gasteiger charge is -2.12. The molecule has 0 atom stereocenters. The first-order valence-corrected chi connectivity index (χ1v) is 6.83. The van der Waals surface area contributed by atoms with Crippen LogP contribution in [0.15, 0.2) is 21.1 Å². The summed E-state index contributed by atoms with van der Waals surface area (Å²) in [5.74, 6) is 2.59. The van der Waals surface area contributed by atoms with E-state index in [0.717, 1.165) is 10.0 Å². The average molecular weight is 342 g/mol. The number of hydrogen-bond acceptors (Lipinski definition) is 6. The lowest BCUT2D eigenvalue weighted by Crippen LogP contribution is -2.13. The third kappa shape index (κ3) is 3.49. The molecule has 6 nitrogen and oxygen atoms in total. The zero-order valence-corrected chi connectivity index (χ0v) is 13.2. The lowest BCUT2D eigenvalue weighted by atomic mass is 10.2. The lowest BCUT2D eigenvalue weighted by molar-refractivity contribution is 0.353. The topological polar surface area (TPSA) is 69.4 Å². The molecule has 0 saturated heterocycles. The summed E-state index contributed by atoms with van der Waals surface area (Å²) in [7, 11) is 3.23. The van der Waals surface area contributed by atoms with E-state index in [1.807, 2.05) is 12.1 Å². The second-order valence-electron chi connectivity index (χ2n) is 4.14. The Balaban J connectivity index is 2.02. The highest BCUT2D eigenvalue weighted by atomic mass is 79.9. The Morgan fingerprint density at radius 2 is 1.90 bits per heavy atom. The molecule has 1 aromatic carbocycles. The molecule has 0 aliphatic heterocycles. The monoisotopic (exact) mass is 341 g/mol. The molecule has 108 valence electrons. The minimum atomic E-state index is 0.516. The van der Waals surface area contributed by atoms with Gasteiger partial charge in [0.25, 0.3) is 0 Å². The highest BCUT2D eigenvalue weighted by molar-refractivity contribution is 9.10. The Labute approximate surface area is 125 Å². The summed E-state index contributed by atoms with van der Waals surface area (Å²) in [5.41, 5.74) is 1.05. The van der Waals surface area contributed by atoms with Crippen LogP contribution in [0.2, 0.25) is 0 Å². The predicted octanol–water partition coefficient (Wildman–Crippen LogP) is 2.45. The fourth-order valence-electron chi connectivity index (χ4n) is 1.75. The van der Waals surface area contributed by atoms with Gasteiger partial charge in [-0.1, -0.05) is 21.1 Å². The Morgan fingerprint density at radius 3 is 2.50 bits per heavy atom. The second-order valence-corrected chi connectivity index (χ2v) is 4.99. The largest absolute Gasteiger partial charge is 0.493 e. The number of ether oxygens (including phenoxy) is 2. The Morgan fingerprint density at radius 1 is 1.20 bits per heavy atom. The van der Waals surface area contributed by atoms with E-state index < -0.39 is 0 Å². The Bertz CT molecular complexity index is 586. The van der Waals surface area contributed by atoms with Gasteiger partial charge in [-0.25, -0.2) is 0 Å². The van der Waals surface area contributed by atoms with Crippen LogP contribution in [0, 0.1) is 6.92 Å². The van der Waals surface area contributed by atoms with Gasteiger partial charge in [0.15, 0.2) is 17.3 Å². The first kappa shape index (κ1) is 14.8. The number of aryl methyl sites for hydroxylation is 1. The average Bonchev–Trinajstić information content (AvgIpc) is 2.85. The van der Waals surface area contributed by atoms with E-state index in [4.69, 9.17) is 14.0 Å². The van der Waals surface area contributed by atoms with Crippen molar-refractivity contribution < 1.29 is 14.0 Å². The van der Waals surface area contributed by atoms with Crippen molar-refractivity contribution in [1.82, 2.24) is 15.5 Å². The second kappa shape index (κ2) is 6.71. The number of rotatable bonds is 6. The summed E-state index contributed by atoms with van der Waals surface area (Å²) in [6.45, 7) is 2.95. The predicted molar refractivity (Wildman–Crippen MR) is 76.8 cm³/mol. The molecular weight excluding hydrogens is 326 g/mol. The molecule has 0 saturated carbocycles. The van der Waals surface area contributed by atoms with Crippen molar-refractivity contribution in [2.45, 2.75) is 20.0 Å². The summed E-state index contributed by atoms with van der Waals surface area (Å²) in [6, 6.07) is 3.81. The normalized spacial score (nSPS) is 10.6. The highest BCUT2D eigenvalue weighted by Gasteiger charge is 2.10. The molecular formula is C13H16BrN3O3. The van der Waals surface area contributed by atoms with E-state index in [9.17, 15) is 0 Å². The van der Waals surface area contributed by atoms with Crippen LogP contribution in [0.4, 0.5) is 0 Å². The summed E-state index contributed by atoms with van der Waals surface area (Å²) in [4.78, 5) is 4.13. The minimum Gasteiger partial charge on any atom is -0.493 e. The van der Waals surface area contributed by atoms with E-state index in [0.29, 0.717) is 36.3 Å². The maximum atomic E-state index is 5.29. The number of hydrogen-bond donors (Lipinski definition) is 1. The molecule has 7 heteroatoms. The summed E-state index contributed by atoms with van der Waals surface area (Å²) in [5, 5.41) is 6.98. The van der Waals surface area contributed by atoms with Gasteiger partial charge in [-0.3, -0.25) is 0 Å². The maximum absolute atomic E-state index is 5.29. The van der Waals surface area contributed by atoms with Crippen molar-refractivity contribution in [3.63, 3.8) is 0 Å². The van der Waals surface area contributed by atoms with Crippen LogP contribution in [0.3, 0.4) is 0 Å². The highest BCUT2D eigenvalue weighted by Crippen LogP contribution is 2.33. The third-order valence-corrected chi connectivity index (χ3v) is 3.45. The standard InChI is InChI=1S/C13H16BrN3O3/c1-8-16-13(20-17-8)7-15-6-9-4-11(18-2)12(19-3)5-10(9)14/h4-5,15H,6-7H2,1-3H3. The van der Waals surface area contributed by atoms with E-state index in [1.54, 1.807) is 21.1 Å². The first-order valence-electron chi connectivity index (χ1n) is 6.04. The van der Waals surface area contributed by atoms with Crippen LogP contribution in [0.25, 0.3) is 0 Å².